The van der Waals surface area contributed by atoms with Crippen LogP contribution in [-0.2, 0) is 9.59 Å². The van der Waals surface area contributed by atoms with Gasteiger partial charge in [-0.15, -0.1) is 0 Å². The Bertz CT molecular complexity index is 820. The molecule has 142 valence electrons. The fourth-order valence-corrected chi connectivity index (χ4v) is 2.30. The number of hydrogen-bond acceptors (Lipinski definition) is 4. The average Bonchev–Trinajstić information content (AvgIpc) is 2.66. The third kappa shape index (κ3) is 6.42. The Morgan fingerprint density at radius 2 is 1.89 bits per heavy atom. The van der Waals surface area contributed by atoms with Gasteiger partial charge in [-0.05, 0) is 60.9 Å². The van der Waals surface area contributed by atoms with Gasteiger partial charge in [0.25, 0.3) is 0 Å². The quantitative estimate of drug-likeness (QED) is 0.327. The maximum absolute atomic E-state index is 11.9. The fraction of sp³-hybridized carbons (Fsp3) is 0.250. The SMILES string of the molecule is CCCCOc1ccc(C=NNC(=O)C(=O)Nc2cccc(Cl)c2C)cc1. The minimum Gasteiger partial charge on any atom is -0.494 e. The highest BCUT2D eigenvalue weighted by Gasteiger charge is 2.14. The molecule has 0 saturated heterocycles. The Kier molecular flexibility index (Phi) is 7.82. The van der Waals surface area contributed by atoms with Crippen LogP contribution in [0.15, 0.2) is 47.6 Å². The smallest absolute Gasteiger partial charge is 0.329 e. The molecule has 2 aromatic carbocycles. The summed E-state index contributed by atoms with van der Waals surface area (Å²) in [4.78, 5) is 23.8. The maximum Gasteiger partial charge on any atom is 0.329 e. The number of anilines is 1. The van der Waals surface area contributed by atoms with Gasteiger partial charge in [0.2, 0.25) is 0 Å². The number of rotatable bonds is 7. The van der Waals surface area contributed by atoms with Gasteiger partial charge in [0.1, 0.15) is 5.75 Å². The third-order valence-electron chi connectivity index (χ3n) is 3.75. The van der Waals surface area contributed by atoms with Gasteiger partial charge in [-0.3, -0.25) is 9.59 Å². The van der Waals surface area contributed by atoms with Gasteiger partial charge >= 0.3 is 11.8 Å². The van der Waals surface area contributed by atoms with Crippen LogP contribution in [0.1, 0.15) is 30.9 Å². The van der Waals surface area contributed by atoms with Crippen LogP contribution in [0.5, 0.6) is 5.75 Å². The number of hydrogen-bond donors (Lipinski definition) is 2. The van der Waals surface area contributed by atoms with Crippen molar-refractivity contribution in [3.63, 3.8) is 0 Å². The molecule has 0 spiro atoms. The van der Waals surface area contributed by atoms with E-state index in [1.165, 1.54) is 6.21 Å². The Morgan fingerprint density at radius 1 is 1.15 bits per heavy atom. The van der Waals surface area contributed by atoms with Crippen LogP contribution >= 0.6 is 11.6 Å². The van der Waals surface area contributed by atoms with Crippen molar-refractivity contribution < 1.29 is 14.3 Å². The monoisotopic (exact) mass is 387 g/mol. The minimum atomic E-state index is -0.870. The Hall–Kier alpha value is -2.86. The van der Waals surface area contributed by atoms with Crippen LogP contribution < -0.4 is 15.5 Å². The summed E-state index contributed by atoms with van der Waals surface area (Å²) >= 11 is 5.99. The summed E-state index contributed by atoms with van der Waals surface area (Å²) in [5, 5.41) is 6.81. The Labute approximate surface area is 163 Å². The molecule has 0 atom stereocenters. The number of nitrogens with one attached hydrogen (secondary N) is 2. The molecule has 6 nitrogen and oxygen atoms in total. The van der Waals surface area contributed by atoms with Crippen molar-refractivity contribution in [3.05, 3.63) is 58.6 Å². The molecule has 0 aliphatic heterocycles. The van der Waals surface area contributed by atoms with Gasteiger partial charge in [-0.2, -0.15) is 5.10 Å². The molecule has 0 radical (unpaired) electrons. The molecule has 0 fully saturated rings. The standard InChI is InChI=1S/C20H22ClN3O3/c1-3-4-12-27-16-10-8-15(9-11-16)13-22-24-20(26)19(25)23-18-7-5-6-17(21)14(18)2/h5-11,13H,3-4,12H2,1-2H3,(H,23,25)(H,24,26). The van der Waals surface area contributed by atoms with Gasteiger partial charge in [0.15, 0.2) is 0 Å². The molecule has 7 heteroatoms. The van der Waals surface area contributed by atoms with Gasteiger partial charge < -0.3 is 10.1 Å². The van der Waals surface area contributed by atoms with E-state index >= 15 is 0 Å². The molecule has 0 unspecified atom stereocenters. The zero-order chi connectivity index (χ0) is 19.6. The van der Waals surface area contributed by atoms with Crippen LogP contribution in [0.2, 0.25) is 5.02 Å². The van der Waals surface area contributed by atoms with Gasteiger partial charge in [-0.1, -0.05) is 31.0 Å². The highest BCUT2D eigenvalue weighted by atomic mass is 35.5. The molecule has 2 N–H and O–H groups in total. The number of halogens is 1. The molecular weight excluding hydrogens is 366 g/mol. The first-order valence-corrected chi connectivity index (χ1v) is 9.01. The summed E-state index contributed by atoms with van der Waals surface area (Å²) in [5.74, 6) is -0.914. The number of amides is 2. The van der Waals surface area contributed by atoms with Crippen LogP contribution in [0.3, 0.4) is 0 Å². The van der Waals surface area contributed by atoms with Gasteiger partial charge in [0, 0.05) is 10.7 Å². The van der Waals surface area contributed by atoms with Crippen molar-refractivity contribution >= 4 is 35.3 Å². The summed E-state index contributed by atoms with van der Waals surface area (Å²) < 4.78 is 5.57. The zero-order valence-corrected chi connectivity index (χ0v) is 16.0. The molecule has 2 rings (SSSR count). The summed E-state index contributed by atoms with van der Waals surface area (Å²) in [7, 11) is 0. The van der Waals surface area contributed by atoms with E-state index < -0.39 is 11.8 Å². The first-order valence-electron chi connectivity index (χ1n) is 8.63. The van der Waals surface area contributed by atoms with E-state index in [9.17, 15) is 9.59 Å². The van der Waals surface area contributed by atoms with E-state index in [1.807, 2.05) is 24.3 Å². The lowest BCUT2D eigenvalue weighted by Gasteiger charge is -2.08. The number of ether oxygens (including phenoxy) is 1. The molecule has 0 saturated carbocycles. The predicted octanol–water partition coefficient (Wildman–Crippen LogP) is 3.92. The highest BCUT2D eigenvalue weighted by Crippen LogP contribution is 2.22. The lowest BCUT2D eigenvalue weighted by atomic mass is 10.2. The van der Waals surface area contributed by atoms with Crippen molar-refractivity contribution in [3.8, 4) is 5.75 Å². The van der Waals surface area contributed by atoms with Crippen LogP contribution in [0.4, 0.5) is 5.69 Å². The minimum absolute atomic E-state index is 0.477. The van der Waals surface area contributed by atoms with E-state index in [0.717, 1.165) is 24.2 Å². The summed E-state index contributed by atoms with van der Waals surface area (Å²) in [6.07, 6.45) is 3.53. The number of benzene rings is 2. The highest BCUT2D eigenvalue weighted by molar-refractivity contribution is 6.40. The van der Waals surface area contributed by atoms with E-state index in [0.29, 0.717) is 22.9 Å². The van der Waals surface area contributed by atoms with Crippen molar-refractivity contribution in [2.24, 2.45) is 5.10 Å². The maximum atomic E-state index is 11.9. The van der Waals surface area contributed by atoms with Crippen molar-refractivity contribution in [1.29, 1.82) is 0 Å². The summed E-state index contributed by atoms with van der Waals surface area (Å²) in [6.45, 7) is 4.54. The zero-order valence-electron chi connectivity index (χ0n) is 15.3. The molecular formula is C20H22ClN3O3. The van der Waals surface area contributed by atoms with Crippen molar-refractivity contribution in [2.45, 2.75) is 26.7 Å². The predicted molar refractivity (Wildman–Crippen MR) is 107 cm³/mol. The largest absolute Gasteiger partial charge is 0.494 e. The van der Waals surface area contributed by atoms with Crippen LogP contribution in [-0.4, -0.2) is 24.6 Å². The van der Waals surface area contributed by atoms with Gasteiger partial charge in [0.05, 0.1) is 12.8 Å². The number of carbonyl (C=O) groups excluding carboxylic acids is 2. The third-order valence-corrected chi connectivity index (χ3v) is 4.16. The van der Waals surface area contributed by atoms with Gasteiger partial charge in [-0.25, -0.2) is 5.43 Å². The Balaban J connectivity index is 1.85. The number of hydrazone groups is 1. The summed E-state index contributed by atoms with van der Waals surface area (Å²) in [6, 6.07) is 12.3. The van der Waals surface area contributed by atoms with Crippen molar-refractivity contribution in [2.75, 3.05) is 11.9 Å². The van der Waals surface area contributed by atoms with E-state index in [4.69, 9.17) is 16.3 Å². The second-order valence-corrected chi connectivity index (χ2v) is 6.24. The van der Waals surface area contributed by atoms with E-state index in [1.54, 1.807) is 25.1 Å². The molecule has 0 aromatic heterocycles. The number of carbonyl (C=O) groups is 2. The van der Waals surface area contributed by atoms with E-state index in [-0.39, 0.29) is 0 Å². The first kappa shape index (κ1) is 20.5. The lowest BCUT2D eigenvalue weighted by molar-refractivity contribution is -0.136. The molecule has 2 aromatic rings. The molecule has 0 heterocycles. The van der Waals surface area contributed by atoms with Crippen LogP contribution in [0.25, 0.3) is 0 Å². The normalized spacial score (nSPS) is 10.6. The first-order chi connectivity index (χ1) is 13.0. The fourth-order valence-electron chi connectivity index (χ4n) is 2.12. The number of nitrogens with zero attached hydrogens (tertiary/aromatic N) is 1. The molecule has 2 amide bonds. The molecule has 0 aliphatic carbocycles. The average molecular weight is 388 g/mol. The Morgan fingerprint density at radius 3 is 2.59 bits per heavy atom. The molecule has 0 aliphatic rings. The number of unbranched alkanes of at least 4 members (excludes halogenated alkanes) is 1. The van der Waals surface area contributed by atoms with Crippen molar-refractivity contribution in [1.82, 2.24) is 5.43 Å². The topological polar surface area (TPSA) is 79.8 Å². The second-order valence-electron chi connectivity index (χ2n) is 5.84. The lowest BCUT2D eigenvalue weighted by Crippen LogP contribution is -2.32. The van der Waals surface area contributed by atoms with Crippen LogP contribution in [0, 0.1) is 6.92 Å². The molecule has 27 heavy (non-hydrogen) atoms. The summed E-state index contributed by atoms with van der Waals surface area (Å²) in [5.41, 5.74) is 4.13. The molecule has 0 bridgehead atoms. The second kappa shape index (κ2) is 10.3. The van der Waals surface area contributed by atoms with E-state index in [2.05, 4.69) is 22.8 Å².